The monoisotopic (exact) mass is 273 g/mol. The van der Waals surface area contributed by atoms with E-state index in [1.807, 2.05) is 18.2 Å². The molecule has 0 saturated heterocycles. The summed E-state index contributed by atoms with van der Waals surface area (Å²) >= 11 is 0. The van der Waals surface area contributed by atoms with Crippen LogP contribution in [0.2, 0.25) is 0 Å². The first-order valence-corrected chi connectivity index (χ1v) is 7.43. The molecule has 20 heavy (non-hydrogen) atoms. The van der Waals surface area contributed by atoms with E-state index >= 15 is 0 Å². The fraction of sp³-hybridized carbons (Fsp3) is 0.471. The van der Waals surface area contributed by atoms with Gasteiger partial charge in [-0.05, 0) is 49.3 Å². The summed E-state index contributed by atoms with van der Waals surface area (Å²) < 4.78 is 0. The lowest BCUT2D eigenvalue weighted by Crippen LogP contribution is -2.37. The highest BCUT2D eigenvalue weighted by Gasteiger charge is 2.19. The molecule has 0 atom stereocenters. The van der Waals surface area contributed by atoms with Crippen molar-refractivity contribution in [2.24, 2.45) is 0 Å². The first kappa shape index (κ1) is 14.8. The Morgan fingerprint density at radius 1 is 1.25 bits per heavy atom. The molecule has 0 spiro atoms. The Labute approximate surface area is 120 Å². The van der Waals surface area contributed by atoms with Crippen LogP contribution in [0.25, 0.3) is 6.08 Å². The second kappa shape index (κ2) is 7.25. The Hall–Kier alpha value is -1.61. The van der Waals surface area contributed by atoms with Gasteiger partial charge in [0.05, 0.1) is 6.10 Å². The highest BCUT2D eigenvalue weighted by molar-refractivity contribution is 5.91. The molecule has 1 saturated carbocycles. The van der Waals surface area contributed by atoms with Gasteiger partial charge in [-0.1, -0.05) is 31.2 Å². The first-order chi connectivity index (χ1) is 9.67. The van der Waals surface area contributed by atoms with Crippen molar-refractivity contribution < 1.29 is 9.90 Å². The van der Waals surface area contributed by atoms with Crippen LogP contribution >= 0.6 is 0 Å². The zero-order valence-electron chi connectivity index (χ0n) is 12.0. The van der Waals surface area contributed by atoms with Crippen LogP contribution < -0.4 is 5.32 Å². The van der Waals surface area contributed by atoms with Crippen molar-refractivity contribution in [1.29, 1.82) is 0 Å². The number of aliphatic hydroxyl groups excluding tert-OH is 1. The molecule has 0 unspecified atom stereocenters. The summed E-state index contributed by atoms with van der Waals surface area (Å²) in [5.74, 6) is -0.0500. The fourth-order valence-electron chi connectivity index (χ4n) is 2.51. The van der Waals surface area contributed by atoms with Gasteiger partial charge in [0, 0.05) is 12.1 Å². The second-order valence-electron chi connectivity index (χ2n) is 5.44. The molecule has 1 aliphatic rings. The van der Waals surface area contributed by atoms with Gasteiger partial charge < -0.3 is 10.4 Å². The van der Waals surface area contributed by atoms with Crippen molar-refractivity contribution in [3.05, 3.63) is 41.5 Å². The van der Waals surface area contributed by atoms with Crippen LogP contribution in [0.15, 0.2) is 30.3 Å². The Kier molecular flexibility index (Phi) is 5.36. The molecular formula is C17H23NO2. The van der Waals surface area contributed by atoms with Crippen molar-refractivity contribution in [2.75, 3.05) is 0 Å². The molecule has 1 aromatic rings. The molecule has 3 heteroatoms. The van der Waals surface area contributed by atoms with Crippen molar-refractivity contribution in [1.82, 2.24) is 5.32 Å². The number of carbonyl (C=O) groups excluding carboxylic acids is 1. The minimum atomic E-state index is -0.184. The number of carbonyl (C=O) groups is 1. The highest BCUT2D eigenvalue weighted by Crippen LogP contribution is 2.18. The van der Waals surface area contributed by atoms with Crippen LogP contribution in [-0.2, 0) is 11.2 Å². The SMILES string of the molecule is CCc1ccc(/C=C/C(=O)NC2CCC(O)CC2)cc1. The maximum Gasteiger partial charge on any atom is 0.244 e. The predicted molar refractivity (Wildman–Crippen MR) is 81.3 cm³/mol. The highest BCUT2D eigenvalue weighted by atomic mass is 16.3. The van der Waals surface area contributed by atoms with Crippen LogP contribution in [-0.4, -0.2) is 23.2 Å². The van der Waals surface area contributed by atoms with Crippen LogP contribution in [0.4, 0.5) is 0 Å². The molecule has 0 radical (unpaired) electrons. The summed E-state index contributed by atoms with van der Waals surface area (Å²) in [6.45, 7) is 2.12. The van der Waals surface area contributed by atoms with Crippen LogP contribution in [0.1, 0.15) is 43.7 Å². The average molecular weight is 273 g/mol. The van der Waals surface area contributed by atoms with E-state index in [2.05, 4.69) is 24.4 Å². The average Bonchev–Trinajstić information content (AvgIpc) is 2.48. The quantitative estimate of drug-likeness (QED) is 0.829. The summed E-state index contributed by atoms with van der Waals surface area (Å²) in [6.07, 6.45) is 7.57. The largest absolute Gasteiger partial charge is 0.393 e. The normalized spacial score (nSPS) is 22.9. The Morgan fingerprint density at radius 3 is 2.50 bits per heavy atom. The molecule has 0 aliphatic heterocycles. The summed E-state index contributed by atoms with van der Waals surface area (Å²) in [4.78, 5) is 11.8. The maximum absolute atomic E-state index is 11.8. The summed E-state index contributed by atoms with van der Waals surface area (Å²) in [7, 11) is 0. The van der Waals surface area contributed by atoms with E-state index in [1.165, 1.54) is 5.56 Å². The molecule has 2 rings (SSSR count). The number of amides is 1. The lowest BCUT2D eigenvalue weighted by molar-refractivity contribution is -0.117. The standard InChI is InChI=1S/C17H23NO2/c1-2-13-3-5-14(6-4-13)7-12-17(20)18-15-8-10-16(19)11-9-15/h3-7,12,15-16,19H,2,8-11H2,1H3,(H,18,20)/b12-7+. The van der Waals surface area contributed by atoms with Gasteiger partial charge in [0.15, 0.2) is 0 Å². The van der Waals surface area contributed by atoms with Gasteiger partial charge in [-0.3, -0.25) is 4.79 Å². The number of rotatable bonds is 4. The minimum Gasteiger partial charge on any atom is -0.393 e. The minimum absolute atomic E-state index is 0.0500. The molecule has 1 aromatic carbocycles. The molecule has 108 valence electrons. The van der Waals surface area contributed by atoms with Gasteiger partial charge in [0.1, 0.15) is 0 Å². The van der Waals surface area contributed by atoms with Crippen LogP contribution in [0.3, 0.4) is 0 Å². The Balaban J connectivity index is 1.82. The molecule has 2 N–H and O–H groups in total. The third-order valence-electron chi connectivity index (χ3n) is 3.86. The van der Waals surface area contributed by atoms with E-state index < -0.39 is 0 Å². The zero-order valence-corrected chi connectivity index (χ0v) is 12.0. The summed E-state index contributed by atoms with van der Waals surface area (Å²) in [6, 6.07) is 8.43. The number of hydrogen-bond donors (Lipinski definition) is 2. The molecular weight excluding hydrogens is 250 g/mol. The smallest absolute Gasteiger partial charge is 0.244 e. The van der Waals surface area contributed by atoms with E-state index in [4.69, 9.17) is 0 Å². The van der Waals surface area contributed by atoms with Gasteiger partial charge in [0.25, 0.3) is 0 Å². The van der Waals surface area contributed by atoms with Gasteiger partial charge in [-0.2, -0.15) is 0 Å². The Morgan fingerprint density at radius 2 is 1.90 bits per heavy atom. The number of aryl methyl sites for hydroxylation is 1. The van der Waals surface area contributed by atoms with Crippen molar-refractivity contribution >= 4 is 12.0 Å². The van der Waals surface area contributed by atoms with E-state index in [-0.39, 0.29) is 18.1 Å². The fourth-order valence-corrected chi connectivity index (χ4v) is 2.51. The lowest BCUT2D eigenvalue weighted by Gasteiger charge is -2.25. The third kappa shape index (κ3) is 4.49. The molecule has 1 aliphatic carbocycles. The number of benzene rings is 1. The molecule has 1 amide bonds. The number of aliphatic hydroxyl groups is 1. The number of nitrogens with one attached hydrogen (secondary N) is 1. The molecule has 0 bridgehead atoms. The second-order valence-corrected chi connectivity index (χ2v) is 5.44. The zero-order chi connectivity index (χ0) is 14.4. The van der Waals surface area contributed by atoms with Gasteiger partial charge in [0.2, 0.25) is 5.91 Å². The van der Waals surface area contributed by atoms with Gasteiger partial charge in [-0.25, -0.2) is 0 Å². The summed E-state index contributed by atoms with van der Waals surface area (Å²) in [5, 5.41) is 12.4. The Bertz CT molecular complexity index is 456. The number of hydrogen-bond acceptors (Lipinski definition) is 2. The maximum atomic E-state index is 11.8. The molecule has 1 fully saturated rings. The van der Waals surface area contributed by atoms with Gasteiger partial charge in [-0.15, -0.1) is 0 Å². The third-order valence-corrected chi connectivity index (χ3v) is 3.86. The topological polar surface area (TPSA) is 49.3 Å². The van der Waals surface area contributed by atoms with Crippen molar-refractivity contribution in [3.63, 3.8) is 0 Å². The van der Waals surface area contributed by atoms with Crippen molar-refractivity contribution in [3.8, 4) is 0 Å². The molecule has 0 aromatic heterocycles. The van der Waals surface area contributed by atoms with Crippen LogP contribution in [0, 0.1) is 0 Å². The molecule has 0 heterocycles. The van der Waals surface area contributed by atoms with Crippen molar-refractivity contribution in [2.45, 2.75) is 51.2 Å². The first-order valence-electron chi connectivity index (χ1n) is 7.43. The molecule has 3 nitrogen and oxygen atoms in total. The lowest BCUT2D eigenvalue weighted by atomic mass is 9.93. The summed E-state index contributed by atoms with van der Waals surface area (Å²) in [5.41, 5.74) is 2.34. The van der Waals surface area contributed by atoms with E-state index in [0.29, 0.717) is 0 Å². The van der Waals surface area contributed by atoms with E-state index in [0.717, 1.165) is 37.7 Å². The van der Waals surface area contributed by atoms with Crippen LogP contribution in [0.5, 0.6) is 0 Å². The van der Waals surface area contributed by atoms with E-state index in [1.54, 1.807) is 6.08 Å². The van der Waals surface area contributed by atoms with Gasteiger partial charge >= 0.3 is 0 Å². The predicted octanol–water partition coefficient (Wildman–Crippen LogP) is 2.68. The van der Waals surface area contributed by atoms with E-state index in [9.17, 15) is 9.90 Å².